The van der Waals surface area contributed by atoms with Crippen molar-refractivity contribution < 1.29 is 23.8 Å². The van der Waals surface area contributed by atoms with Crippen molar-refractivity contribution in [1.29, 1.82) is 0 Å². The van der Waals surface area contributed by atoms with Crippen LogP contribution in [0, 0.1) is 0 Å². The number of rotatable bonds is 3. The Kier molecular flexibility index (Phi) is 3.70. The first-order valence-electron chi connectivity index (χ1n) is 5.93. The van der Waals surface area contributed by atoms with Crippen molar-refractivity contribution in [2.75, 3.05) is 26.2 Å². The second kappa shape index (κ2) is 5.27. The molecule has 8 heteroatoms. The van der Waals surface area contributed by atoms with Crippen LogP contribution in [0.5, 0.6) is 0 Å². The highest BCUT2D eigenvalue weighted by atomic mass is 16.2. The molecule has 0 saturated carbocycles. The van der Waals surface area contributed by atoms with Crippen LogP contribution in [-0.2, 0) is 19.2 Å². The maximum Gasteiger partial charge on any atom is 0.314 e. The number of imide groups is 2. The summed E-state index contributed by atoms with van der Waals surface area (Å²) < 4.78 is 1.61. The predicted octanol–water partition coefficient (Wildman–Crippen LogP) is -2.93. The Bertz CT molecular complexity index is 469. The summed E-state index contributed by atoms with van der Waals surface area (Å²) in [5, 5.41) is 4.39. The van der Waals surface area contributed by atoms with Crippen LogP contribution in [0.25, 0.3) is 0 Å². The van der Waals surface area contributed by atoms with Gasteiger partial charge in [0, 0.05) is 0 Å². The van der Waals surface area contributed by atoms with Gasteiger partial charge >= 0.3 is 5.91 Å². The number of nitrogens with zero attached hydrogens (tertiary/aromatic N) is 2. The van der Waals surface area contributed by atoms with E-state index in [2.05, 4.69) is 10.6 Å². The summed E-state index contributed by atoms with van der Waals surface area (Å²) in [4.78, 5) is 46.6. The lowest BCUT2D eigenvalue weighted by molar-refractivity contribution is -0.548. The van der Waals surface area contributed by atoms with Gasteiger partial charge in [0.05, 0.1) is 19.6 Å². The third kappa shape index (κ3) is 3.44. The van der Waals surface area contributed by atoms with Gasteiger partial charge in [-0.1, -0.05) is 0 Å². The van der Waals surface area contributed by atoms with Crippen molar-refractivity contribution in [2.24, 2.45) is 0 Å². The zero-order valence-corrected chi connectivity index (χ0v) is 10.5. The number of carbonyl (C=O) groups excluding carboxylic acids is 4. The van der Waals surface area contributed by atoms with Crippen LogP contribution in [-0.4, -0.2) is 71.5 Å². The molecule has 2 heterocycles. The fraction of sp³-hybridized carbons (Fsp3) is 0.545. The minimum Gasteiger partial charge on any atom is -0.294 e. The summed E-state index contributed by atoms with van der Waals surface area (Å²) in [6.07, 6.45) is 1.33. The van der Waals surface area contributed by atoms with E-state index in [1.54, 1.807) is 9.48 Å². The van der Waals surface area contributed by atoms with Crippen LogP contribution >= 0.6 is 0 Å². The summed E-state index contributed by atoms with van der Waals surface area (Å²) in [5.74, 6) is -1.47. The van der Waals surface area contributed by atoms with E-state index in [1.165, 1.54) is 6.21 Å². The molecule has 2 N–H and O–H groups in total. The predicted molar refractivity (Wildman–Crippen MR) is 63.4 cm³/mol. The average Bonchev–Trinajstić information content (AvgIpc) is 2.25. The Hall–Kier alpha value is -2.09. The van der Waals surface area contributed by atoms with Gasteiger partial charge in [-0.05, 0) is 6.92 Å². The number of nitrogens with one attached hydrogen (secondary N) is 2. The first-order valence-corrected chi connectivity index (χ1v) is 5.93. The van der Waals surface area contributed by atoms with E-state index in [0.717, 1.165) is 0 Å². The summed E-state index contributed by atoms with van der Waals surface area (Å²) >= 11 is 0. The molecule has 0 radical (unpaired) electrons. The topological polar surface area (TPSA) is 98.6 Å². The first-order chi connectivity index (χ1) is 8.94. The quantitative estimate of drug-likeness (QED) is 0.421. The number of carbonyl (C=O) groups is 4. The highest BCUT2D eigenvalue weighted by molar-refractivity contribution is 6.29. The average molecular weight is 267 g/mol. The molecule has 1 fully saturated rings. The fourth-order valence-electron chi connectivity index (χ4n) is 2.16. The van der Waals surface area contributed by atoms with Crippen molar-refractivity contribution in [3.05, 3.63) is 0 Å². The molecule has 102 valence electrons. The van der Waals surface area contributed by atoms with Crippen molar-refractivity contribution in [1.82, 2.24) is 15.5 Å². The summed E-state index contributed by atoms with van der Waals surface area (Å²) in [6, 6.07) is -0.145. The van der Waals surface area contributed by atoms with E-state index >= 15 is 0 Å². The molecule has 0 bridgehead atoms. The molecule has 2 aliphatic rings. The molecule has 2 aliphatic heterocycles. The van der Waals surface area contributed by atoms with E-state index in [0.29, 0.717) is 6.54 Å². The monoisotopic (exact) mass is 267 g/mol. The Balaban J connectivity index is 1.99. The molecule has 4 amide bonds. The third-order valence-electron chi connectivity index (χ3n) is 2.97. The zero-order valence-electron chi connectivity index (χ0n) is 10.5. The number of piperazine rings is 1. The third-order valence-corrected chi connectivity index (χ3v) is 2.97. The highest BCUT2D eigenvalue weighted by Crippen LogP contribution is 2.01. The van der Waals surface area contributed by atoms with Gasteiger partial charge in [-0.2, -0.15) is 0 Å². The maximum absolute atomic E-state index is 11.3. The molecule has 8 nitrogen and oxygen atoms in total. The van der Waals surface area contributed by atoms with Crippen LogP contribution in [0.15, 0.2) is 0 Å². The van der Waals surface area contributed by atoms with Gasteiger partial charge in [0.15, 0.2) is 6.04 Å². The summed E-state index contributed by atoms with van der Waals surface area (Å²) in [5.41, 5.74) is 0. The Morgan fingerprint density at radius 3 is 2.37 bits per heavy atom. The second-order valence-electron chi connectivity index (χ2n) is 4.70. The smallest absolute Gasteiger partial charge is 0.294 e. The van der Waals surface area contributed by atoms with Gasteiger partial charge in [0.25, 0.3) is 5.91 Å². The van der Waals surface area contributed by atoms with E-state index in [9.17, 15) is 19.2 Å². The molecule has 0 aromatic carbocycles. The minimum atomic E-state index is -0.449. The number of hydrogen-bond acceptors (Lipinski definition) is 5. The van der Waals surface area contributed by atoms with Gasteiger partial charge < -0.3 is 0 Å². The van der Waals surface area contributed by atoms with E-state index < -0.39 is 5.91 Å². The van der Waals surface area contributed by atoms with E-state index in [-0.39, 0.29) is 43.4 Å². The molecule has 2 rings (SSSR count). The summed E-state index contributed by atoms with van der Waals surface area (Å²) in [7, 11) is 0. The molecule has 1 saturated heterocycles. The van der Waals surface area contributed by atoms with Gasteiger partial charge in [0.1, 0.15) is 0 Å². The van der Waals surface area contributed by atoms with Crippen LogP contribution < -0.4 is 10.6 Å². The van der Waals surface area contributed by atoms with Crippen molar-refractivity contribution >= 4 is 29.8 Å². The molecule has 0 aromatic heterocycles. The van der Waals surface area contributed by atoms with Gasteiger partial charge in [-0.3, -0.25) is 34.7 Å². The lowest BCUT2D eigenvalue weighted by Crippen LogP contribution is -2.55. The largest absolute Gasteiger partial charge is 0.314 e. The Morgan fingerprint density at radius 1 is 1.16 bits per heavy atom. The molecule has 0 unspecified atom stereocenters. The minimum absolute atomic E-state index is 0.0981. The fourth-order valence-corrected chi connectivity index (χ4v) is 2.16. The molecule has 1 atom stereocenters. The van der Waals surface area contributed by atoms with Gasteiger partial charge in [-0.25, -0.2) is 4.58 Å². The molecule has 0 spiro atoms. The first kappa shape index (κ1) is 13.3. The van der Waals surface area contributed by atoms with Crippen LogP contribution in [0.3, 0.4) is 0 Å². The van der Waals surface area contributed by atoms with Crippen molar-refractivity contribution in [3.8, 4) is 0 Å². The SMILES string of the molecule is C[C@@H](CN1CC(=O)NC(=O)C1)[N+]1=CC(=O)NC(=O)C1. The van der Waals surface area contributed by atoms with Crippen molar-refractivity contribution in [3.63, 3.8) is 0 Å². The standard InChI is InChI=1S/C11H14N4O4/c1-7(15-5-10(18)13-11(19)6-15)2-14-3-8(16)12-9(17)4-14/h5,7H,2-4,6H2,1H3,(H-,12,13,16,17,18,19)/p+1/t7-/m0/s1. The lowest BCUT2D eigenvalue weighted by atomic mass is 10.2. The Morgan fingerprint density at radius 2 is 1.79 bits per heavy atom. The maximum atomic E-state index is 11.3. The van der Waals surface area contributed by atoms with Crippen LogP contribution in [0.2, 0.25) is 0 Å². The number of hydrogen-bond donors (Lipinski definition) is 2. The van der Waals surface area contributed by atoms with E-state index in [1.807, 2.05) is 6.92 Å². The van der Waals surface area contributed by atoms with Gasteiger partial charge in [-0.15, -0.1) is 0 Å². The summed E-state index contributed by atoms with van der Waals surface area (Å²) in [6.45, 7) is 2.64. The normalized spacial score (nSPS) is 22.7. The molecule has 19 heavy (non-hydrogen) atoms. The zero-order chi connectivity index (χ0) is 14.0. The lowest BCUT2D eigenvalue weighted by Gasteiger charge is -2.26. The number of amides is 4. The van der Waals surface area contributed by atoms with Crippen LogP contribution in [0.4, 0.5) is 0 Å². The molecular formula is C11H15N4O4+. The molecular weight excluding hydrogens is 252 g/mol. The second-order valence-corrected chi connectivity index (χ2v) is 4.70. The molecule has 0 aliphatic carbocycles. The van der Waals surface area contributed by atoms with Crippen LogP contribution in [0.1, 0.15) is 6.92 Å². The van der Waals surface area contributed by atoms with E-state index in [4.69, 9.17) is 0 Å². The Labute approximate surface area is 109 Å². The van der Waals surface area contributed by atoms with Gasteiger partial charge in [0.2, 0.25) is 24.6 Å². The molecule has 0 aromatic rings. The highest BCUT2D eigenvalue weighted by Gasteiger charge is 2.30. The van der Waals surface area contributed by atoms with Crippen molar-refractivity contribution in [2.45, 2.75) is 13.0 Å².